The van der Waals surface area contributed by atoms with Crippen molar-refractivity contribution in [2.45, 2.75) is 38.9 Å². The summed E-state index contributed by atoms with van der Waals surface area (Å²) < 4.78 is 16.3. The molecule has 3 N–H and O–H groups in total. The highest BCUT2D eigenvalue weighted by molar-refractivity contribution is 6.74. The van der Waals surface area contributed by atoms with Gasteiger partial charge in [-0.2, -0.15) is 0 Å². The highest BCUT2D eigenvalue weighted by atomic mass is 28.4. The summed E-state index contributed by atoms with van der Waals surface area (Å²) in [4.78, 5) is 31.3. The Morgan fingerprint density at radius 3 is 2.29 bits per heavy atom. The Labute approximate surface area is 206 Å². The number of imidazole rings is 1. The first-order chi connectivity index (χ1) is 16.5. The van der Waals surface area contributed by atoms with E-state index in [9.17, 15) is 9.59 Å². The number of nitrogens with one attached hydrogen (secondary N) is 3. The molecule has 2 aromatic carbocycles. The van der Waals surface area contributed by atoms with E-state index < -0.39 is 20.4 Å². The number of H-pyrrole nitrogens is 1. The van der Waals surface area contributed by atoms with Crippen molar-refractivity contribution in [3.8, 4) is 11.6 Å². The lowest BCUT2D eigenvalue weighted by Gasteiger charge is -2.36. The first-order valence-corrected chi connectivity index (χ1v) is 14.2. The third kappa shape index (κ3) is 7.43. The number of anilines is 2. The van der Waals surface area contributed by atoms with Gasteiger partial charge in [0.1, 0.15) is 5.75 Å². The number of rotatable bonds is 9. The van der Waals surface area contributed by atoms with E-state index in [1.807, 2.05) is 12.1 Å². The summed E-state index contributed by atoms with van der Waals surface area (Å²) in [5.74, 6) is -0.365. The van der Waals surface area contributed by atoms with Gasteiger partial charge in [0.25, 0.3) is 11.8 Å². The normalized spacial score (nSPS) is 11.6. The number of benzene rings is 2. The third-order valence-electron chi connectivity index (χ3n) is 5.80. The molecule has 9 nitrogen and oxygen atoms in total. The van der Waals surface area contributed by atoms with Crippen molar-refractivity contribution in [1.82, 2.24) is 9.97 Å². The zero-order valence-corrected chi connectivity index (χ0v) is 21.7. The number of ether oxygens (including phenoxy) is 2. The van der Waals surface area contributed by atoms with Crippen molar-refractivity contribution < 1.29 is 23.5 Å². The highest BCUT2D eigenvalue weighted by Crippen LogP contribution is 2.36. The topological polar surface area (TPSA) is 115 Å². The maximum atomic E-state index is 12.7. The van der Waals surface area contributed by atoms with Crippen LogP contribution in [0.3, 0.4) is 0 Å². The number of carbonyl (C=O) groups is 2. The van der Waals surface area contributed by atoms with Crippen LogP contribution in [0.5, 0.6) is 11.6 Å². The lowest BCUT2D eigenvalue weighted by molar-refractivity contribution is 0.101. The molecule has 0 aliphatic heterocycles. The van der Waals surface area contributed by atoms with Crippen molar-refractivity contribution >= 4 is 31.8 Å². The van der Waals surface area contributed by atoms with E-state index in [2.05, 4.69) is 54.5 Å². The zero-order chi connectivity index (χ0) is 25.5. The quantitative estimate of drug-likeness (QED) is 0.151. The van der Waals surface area contributed by atoms with Gasteiger partial charge in [0.2, 0.25) is 0 Å². The smallest absolute Gasteiger partial charge is 0.415 e. The molecule has 0 aliphatic carbocycles. The van der Waals surface area contributed by atoms with Crippen LogP contribution in [0.2, 0.25) is 18.1 Å². The lowest BCUT2D eigenvalue weighted by atomic mass is 10.2. The van der Waals surface area contributed by atoms with E-state index in [0.29, 0.717) is 24.6 Å². The van der Waals surface area contributed by atoms with Crippen LogP contribution in [0.25, 0.3) is 0 Å². The van der Waals surface area contributed by atoms with E-state index >= 15 is 0 Å². The zero-order valence-electron chi connectivity index (χ0n) is 20.7. The van der Waals surface area contributed by atoms with Crippen molar-refractivity contribution in [1.29, 1.82) is 0 Å². The lowest BCUT2D eigenvalue weighted by Crippen LogP contribution is -2.41. The first-order valence-electron chi connectivity index (χ1n) is 11.3. The summed E-state index contributed by atoms with van der Waals surface area (Å²) in [6.07, 6.45) is 0.268. The van der Waals surface area contributed by atoms with Crippen molar-refractivity contribution in [3.63, 3.8) is 0 Å². The van der Waals surface area contributed by atoms with Gasteiger partial charge in [-0.1, -0.05) is 39.0 Å². The van der Waals surface area contributed by atoms with Crippen LogP contribution in [0.15, 0.2) is 60.9 Å². The Morgan fingerprint density at radius 2 is 1.63 bits per heavy atom. The minimum absolute atomic E-state index is 0.00000778. The molecule has 1 amide bonds. The minimum Gasteiger partial charge on any atom is -0.415 e. The van der Waals surface area contributed by atoms with Gasteiger partial charge in [0.05, 0.1) is 12.9 Å². The molecular weight excluding hydrogens is 464 g/mol. The van der Waals surface area contributed by atoms with Gasteiger partial charge in [0, 0.05) is 17.9 Å². The molecule has 10 heteroatoms. The van der Waals surface area contributed by atoms with Crippen LogP contribution in [0, 0.1) is 0 Å². The number of aromatic nitrogens is 2. The number of para-hydroxylation sites is 1. The predicted molar refractivity (Wildman–Crippen MR) is 138 cm³/mol. The van der Waals surface area contributed by atoms with Crippen LogP contribution in [-0.2, 0) is 4.43 Å². The summed E-state index contributed by atoms with van der Waals surface area (Å²) >= 11 is 0. The molecule has 0 radical (unpaired) electrons. The molecule has 35 heavy (non-hydrogen) atoms. The largest absolute Gasteiger partial charge is 0.520 e. The molecule has 3 rings (SSSR count). The summed E-state index contributed by atoms with van der Waals surface area (Å²) in [6.45, 7) is 12.4. The van der Waals surface area contributed by atoms with Crippen LogP contribution in [-0.4, -0.2) is 43.5 Å². The molecule has 1 heterocycles. The van der Waals surface area contributed by atoms with E-state index in [0.717, 1.165) is 5.69 Å². The summed E-state index contributed by atoms with van der Waals surface area (Å²) in [5, 5.41) is 6.25. The molecule has 1 aromatic heterocycles. The Bertz CT molecular complexity index is 1120. The number of hydrogen-bond donors (Lipinski definition) is 3. The van der Waals surface area contributed by atoms with Gasteiger partial charge in [-0.05, 0) is 54.5 Å². The molecule has 0 spiro atoms. The minimum atomic E-state index is -1.77. The maximum Gasteiger partial charge on any atom is 0.520 e. The fourth-order valence-electron chi connectivity index (χ4n) is 2.79. The Hall–Kier alpha value is -3.63. The number of amides is 1. The number of hydrogen-bond acceptors (Lipinski definition) is 7. The average molecular weight is 497 g/mol. The molecule has 0 aliphatic rings. The predicted octanol–water partition coefficient (Wildman–Crippen LogP) is 5.67. The van der Waals surface area contributed by atoms with Gasteiger partial charge < -0.3 is 29.5 Å². The maximum absolute atomic E-state index is 12.7. The SMILES string of the molecule is CC(C)(C)[Si](C)(C)OCCNc1ccc(NC(=O)c2[nH]cnc2OC(=O)Oc2ccccc2)cc1. The Balaban J connectivity index is 1.49. The van der Waals surface area contributed by atoms with Gasteiger partial charge >= 0.3 is 6.16 Å². The second kappa shape index (κ2) is 11.2. The van der Waals surface area contributed by atoms with Crippen LogP contribution < -0.4 is 20.1 Å². The fraction of sp³-hybridized carbons (Fsp3) is 0.320. The second-order valence-corrected chi connectivity index (χ2v) is 14.2. The van der Waals surface area contributed by atoms with Crippen molar-refractivity contribution in [2.24, 2.45) is 0 Å². The summed E-state index contributed by atoms with van der Waals surface area (Å²) in [7, 11) is -1.77. The standard InChI is InChI=1S/C25H32N4O5Si/c1-25(2,3)35(4,5)32-16-15-26-18-11-13-19(14-12-18)29-22(30)21-23(28-17-27-21)34-24(31)33-20-9-7-6-8-10-20/h6-14,17,26H,15-16H2,1-5H3,(H,27,28)(H,29,30). The van der Waals surface area contributed by atoms with E-state index in [4.69, 9.17) is 13.9 Å². The van der Waals surface area contributed by atoms with Gasteiger partial charge in [-0.15, -0.1) is 0 Å². The number of aromatic amines is 1. The molecular formula is C25H32N4O5Si. The molecule has 0 fully saturated rings. The summed E-state index contributed by atoms with van der Waals surface area (Å²) in [6, 6.07) is 15.7. The fourth-order valence-corrected chi connectivity index (χ4v) is 3.83. The van der Waals surface area contributed by atoms with Gasteiger partial charge in [0.15, 0.2) is 14.0 Å². The van der Waals surface area contributed by atoms with Gasteiger partial charge in [-0.25, -0.2) is 9.78 Å². The first kappa shape index (κ1) is 26.0. The van der Waals surface area contributed by atoms with Crippen molar-refractivity contribution in [2.75, 3.05) is 23.8 Å². The molecule has 0 unspecified atom stereocenters. The monoisotopic (exact) mass is 496 g/mol. The summed E-state index contributed by atoms with van der Waals surface area (Å²) in [5.41, 5.74) is 1.49. The number of nitrogens with zero attached hydrogens (tertiary/aromatic N) is 1. The molecule has 186 valence electrons. The Kier molecular flexibility index (Phi) is 8.31. The molecule has 0 bridgehead atoms. The van der Waals surface area contributed by atoms with Crippen LogP contribution >= 0.6 is 0 Å². The van der Waals surface area contributed by atoms with E-state index in [1.54, 1.807) is 42.5 Å². The Morgan fingerprint density at radius 1 is 0.971 bits per heavy atom. The average Bonchev–Trinajstić information content (AvgIpc) is 3.26. The van der Waals surface area contributed by atoms with Crippen LogP contribution in [0.1, 0.15) is 31.3 Å². The molecule has 0 saturated heterocycles. The second-order valence-electron chi connectivity index (χ2n) is 9.42. The van der Waals surface area contributed by atoms with Crippen LogP contribution in [0.4, 0.5) is 16.2 Å². The number of carbonyl (C=O) groups excluding carboxylic acids is 2. The van der Waals surface area contributed by atoms with E-state index in [-0.39, 0.29) is 16.6 Å². The highest BCUT2D eigenvalue weighted by Gasteiger charge is 2.36. The molecule has 0 atom stereocenters. The van der Waals surface area contributed by atoms with E-state index in [1.165, 1.54) is 6.33 Å². The third-order valence-corrected chi connectivity index (χ3v) is 10.3. The molecule has 0 saturated carbocycles. The van der Waals surface area contributed by atoms with Gasteiger partial charge in [-0.3, -0.25) is 4.79 Å². The van der Waals surface area contributed by atoms with Crippen molar-refractivity contribution in [3.05, 3.63) is 66.6 Å². The molecule has 3 aromatic rings.